The van der Waals surface area contributed by atoms with E-state index >= 15 is 0 Å². The molecule has 122 valence electrons. The molecule has 1 atom stereocenters. The average molecular weight is 318 g/mol. The van der Waals surface area contributed by atoms with Gasteiger partial charge in [-0.3, -0.25) is 4.79 Å². The number of carbonyl (C=O) groups is 1. The second kappa shape index (κ2) is 7.83. The molecule has 0 aliphatic heterocycles. The summed E-state index contributed by atoms with van der Waals surface area (Å²) in [7, 11) is 0. The molecule has 23 heavy (non-hydrogen) atoms. The van der Waals surface area contributed by atoms with Gasteiger partial charge in [0, 0.05) is 12.5 Å². The summed E-state index contributed by atoms with van der Waals surface area (Å²) in [4.78, 5) is 12.1. The summed E-state index contributed by atoms with van der Waals surface area (Å²) in [5, 5.41) is 2.90. The van der Waals surface area contributed by atoms with E-state index in [0.29, 0.717) is 12.8 Å². The maximum absolute atomic E-state index is 13.1. The van der Waals surface area contributed by atoms with E-state index in [1.165, 1.54) is 24.3 Å². The van der Waals surface area contributed by atoms with Crippen LogP contribution in [0.1, 0.15) is 36.9 Å². The van der Waals surface area contributed by atoms with Gasteiger partial charge in [-0.15, -0.1) is 0 Å². The number of rotatable bonds is 6. The van der Waals surface area contributed by atoms with Crippen LogP contribution in [0.3, 0.4) is 0 Å². The largest absolute Gasteiger partial charge is 0.345 e. The standard InChI is InChI=1S/C18H20F2N2O/c1-12(21)2-11-17(23)22-18(13-3-7-15(19)8-4-13)14-5-9-16(20)10-6-14/h3-10,12,18H,2,11,21H2,1H3,(H,22,23). The highest BCUT2D eigenvalue weighted by Crippen LogP contribution is 2.23. The predicted octanol–water partition coefficient (Wildman–Crippen LogP) is 3.30. The van der Waals surface area contributed by atoms with Crippen LogP contribution in [-0.4, -0.2) is 11.9 Å². The van der Waals surface area contributed by atoms with Crippen LogP contribution in [0.15, 0.2) is 48.5 Å². The van der Waals surface area contributed by atoms with Gasteiger partial charge in [0.25, 0.3) is 0 Å². The molecular formula is C18H20F2N2O. The summed E-state index contributed by atoms with van der Waals surface area (Å²) in [6.45, 7) is 1.84. The Bertz CT molecular complexity index is 594. The lowest BCUT2D eigenvalue weighted by molar-refractivity contribution is -0.121. The van der Waals surface area contributed by atoms with Gasteiger partial charge in [0.15, 0.2) is 0 Å². The number of benzene rings is 2. The quantitative estimate of drug-likeness (QED) is 0.858. The second-order valence-electron chi connectivity index (χ2n) is 5.62. The monoisotopic (exact) mass is 318 g/mol. The molecule has 2 aromatic carbocycles. The minimum atomic E-state index is -0.461. The Labute approximate surface area is 134 Å². The Morgan fingerprint density at radius 1 is 1.00 bits per heavy atom. The number of carbonyl (C=O) groups excluding carboxylic acids is 1. The lowest BCUT2D eigenvalue weighted by Crippen LogP contribution is -2.30. The molecule has 0 aliphatic carbocycles. The molecule has 0 heterocycles. The Hall–Kier alpha value is -2.27. The SMILES string of the molecule is CC(N)CCC(=O)NC(c1ccc(F)cc1)c1ccc(F)cc1. The van der Waals surface area contributed by atoms with E-state index in [1.807, 2.05) is 6.92 Å². The normalized spacial score (nSPS) is 12.2. The van der Waals surface area contributed by atoms with E-state index in [4.69, 9.17) is 5.73 Å². The molecule has 0 aromatic heterocycles. The van der Waals surface area contributed by atoms with Crippen LogP contribution in [0.5, 0.6) is 0 Å². The van der Waals surface area contributed by atoms with Gasteiger partial charge in [0.05, 0.1) is 6.04 Å². The van der Waals surface area contributed by atoms with Gasteiger partial charge in [0.1, 0.15) is 11.6 Å². The molecule has 0 aliphatic rings. The van der Waals surface area contributed by atoms with Crippen molar-refractivity contribution in [1.82, 2.24) is 5.32 Å². The highest BCUT2D eigenvalue weighted by atomic mass is 19.1. The van der Waals surface area contributed by atoms with Gasteiger partial charge in [-0.2, -0.15) is 0 Å². The molecule has 5 heteroatoms. The Balaban J connectivity index is 2.22. The minimum absolute atomic E-state index is 0.0594. The van der Waals surface area contributed by atoms with E-state index in [9.17, 15) is 13.6 Å². The van der Waals surface area contributed by atoms with Crippen LogP contribution < -0.4 is 11.1 Å². The van der Waals surface area contributed by atoms with Crippen molar-refractivity contribution in [1.29, 1.82) is 0 Å². The molecule has 2 aromatic rings. The maximum atomic E-state index is 13.1. The van der Waals surface area contributed by atoms with E-state index in [2.05, 4.69) is 5.32 Å². The zero-order chi connectivity index (χ0) is 16.8. The highest BCUT2D eigenvalue weighted by Gasteiger charge is 2.17. The molecule has 0 saturated carbocycles. The summed E-state index contributed by atoms with van der Waals surface area (Å²) in [6.07, 6.45) is 0.877. The molecule has 0 bridgehead atoms. The first-order valence-corrected chi connectivity index (χ1v) is 7.51. The van der Waals surface area contributed by atoms with Gasteiger partial charge < -0.3 is 11.1 Å². The first kappa shape index (κ1) is 17.1. The van der Waals surface area contributed by atoms with Crippen LogP contribution in [0.25, 0.3) is 0 Å². The summed E-state index contributed by atoms with van der Waals surface area (Å²) >= 11 is 0. The molecule has 0 fully saturated rings. The van der Waals surface area contributed by atoms with E-state index in [1.54, 1.807) is 24.3 Å². The van der Waals surface area contributed by atoms with Crippen molar-refractivity contribution in [2.75, 3.05) is 0 Å². The topological polar surface area (TPSA) is 55.1 Å². The lowest BCUT2D eigenvalue weighted by Gasteiger charge is -2.20. The van der Waals surface area contributed by atoms with Crippen molar-refractivity contribution in [3.63, 3.8) is 0 Å². The predicted molar refractivity (Wildman–Crippen MR) is 85.7 cm³/mol. The lowest BCUT2D eigenvalue weighted by atomic mass is 9.98. The van der Waals surface area contributed by atoms with Crippen molar-refractivity contribution in [2.45, 2.75) is 31.8 Å². The van der Waals surface area contributed by atoms with E-state index in [0.717, 1.165) is 11.1 Å². The Morgan fingerprint density at radius 2 is 1.43 bits per heavy atom. The number of halogens is 2. The van der Waals surface area contributed by atoms with Crippen LogP contribution in [0.2, 0.25) is 0 Å². The first-order valence-electron chi connectivity index (χ1n) is 7.51. The van der Waals surface area contributed by atoms with Gasteiger partial charge >= 0.3 is 0 Å². The molecule has 2 rings (SSSR count). The molecule has 3 nitrogen and oxygen atoms in total. The van der Waals surface area contributed by atoms with Crippen LogP contribution >= 0.6 is 0 Å². The van der Waals surface area contributed by atoms with Crippen LogP contribution in [0.4, 0.5) is 8.78 Å². The molecule has 1 unspecified atom stereocenters. The molecule has 0 radical (unpaired) electrons. The average Bonchev–Trinajstić information content (AvgIpc) is 2.52. The van der Waals surface area contributed by atoms with Crippen LogP contribution in [0, 0.1) is 11.6 Å². The first-order chi connectivity index (χ1) is 11.0. The third-order valence-electron chi connectivity index (χ3n) is 3.54. The van der Waals surface area contributed by atoms with E-state index < -0.39 is 6.04 Å². The van der Waals surface area contributed by atoms with E-state index in [-0.39, 0.29) is 23.6 Å². The Kier molecular flexibility index (Phi) is 5.82. The fourth-order valence-electron chi connectivity index (χ4n) is 2.26. The maximum Gasteiger partial charge on any atom is 0.220 e. The fourth-order valence-corrected chi connectivity index (χ4v) is 2.26. The number of amides is 1. The molecule has 3 N–H and O–H groups in total. The van der Waals surface area contributed by atoms with Gasteiger partial charge in [0.2, 0.25) is 5.91 Å². The number of hydrogen-bond donors (Lipinski definition) is 2. The Morgan fingerprint density at radius 3 is 1.83 bits per heavy atom. The smallest absolute Gasteiger partial charge is 0.220 e. The summed E-state index contributed by atoms with van der Waals surface area (Å²) in [6, 6.07) is 11.2. The number of nitrogens with two attached hydrogens (primary N) is 1. The number of hydrogen-bond acceptors (Lipinski definition) is 2. The van der Waals surface area contributed by atoms with Crippen molar-refractivity contribution < 1.29 is 13.6 Å². The summed E-state index contributed by atoms with van der Waals surface area (Å²) in [5.41, 5.74) is 7.12. The van der Waals surface area contributed by atoms with Crippen LogP contribution in [-0.2, 0) is 4.79 Å². The summed E-state index contributed by atoms with van der Waals surface area (Å²) in [5.74, 6) is -0.856. The molecular weight excluding hydrogens is 298 g/mol. The molecule has 0 spiro atoms. The number of nitrogens with one attached hydrogen (secondary N) is 1. The summed E-state index contributed by atoms with van der Waals surface area (Å²) < 4.78 is 26.3. The second-order valence-corrected chi connectivity index (χ2v) is 5.62. The molecule has 1 amide bonds. The van der Waals surface area contributed by atoms with Crippen molar-refractivity contribution >= 4 is 5.91 Å². The molecule has 0 saturated heterocycles. The highest BCUT2D eigenvalue weighted by molar-refractivity contribution is 5.77. The van der Waals surface area contributed by atoms with Gasteiger partial charge in [-0.1, -0.05) is 24.3 Å². The van der Waals surface area contributed by atoms with Crippen molar-refractivity contribution in [3.8, 4) is 0 Å². The van der Waals surface area contributed by atoms with Gasteiger partial charge in [-0.25, -0.2) is 8.78 Å². The van der Waals surface area contributed by atoms with Gasteiger partial charge in [-0.05, 0) is 48.7 Å². The third kappa shape index (κ3) is 5.14. The minimum Gasteiger partial charge on any atom is -0.345 e. The zero-order valence-electron chi connectivity index (χ0n) is 12.9. The third-order valence-corrected chi connectivity index (χ3v) is 3.54. The van der Waals surface area contributed by atoms with Crippen molar-refractivity contribution in [2.24, 2.45) is 5.73 Å². The zero-order valence-corrected chi connectivity index (χ0v) is 12.9. The fraction of sp³-hybridized carbons (Fsp3) is 0.278. The van der Waals surface area contributed by atoms with Crippen molar-refractivity contribution in [3.05, 3.63) is 71.3 Å².